The summed E-state index contributed by atoms with van der Waals surface area (Å²) in [5.74, 6) is -7.32. The summed E-state index contributed by atoms with van der Waals surface area (Å²) in [7, 11) is 11.3. The molecule has 37 heteroatoms. The first-order valence-corrected chi connectivity index (χ1v) is 44.7. The molecule has 129 heavy (non-hydrogen) atoms. The highest BCUT2D eigenvalue weighted by molar-refractivity contribution is 6.01. The van der Waals surface area contributed by atoms with E-state index in [-0.39, 0.29) is 125 Å². The third-order valence-corrected chi connectivity index (χ3v) is 22.5. The van der Waals surface area contributed by atoms with Crippen molar-refractivity contribution in [3.05, 3.63) is 108 Å². The van der Waals surface area contributed by atoms with Crippen molar-refractivity contribution < 1.29 is 105 Å². The molecule has 0 unspecified atom stereocenters. The van der Waals surface area contributed by atoms with Crippen LogP contribution in [0.3, 0.4) is 0 Å². The number of benzene rings is 3. The normalized spacial score (nSPS) is 15.3. The molecular weight excluding hydrogens is 1670 g/mol. The number of amides is 14. The highest BCUT2D eigenvalue weighted by atomic mass is 16.6. The van der Waals surface area contributed by atoms with Crippen LogP contribution >= 0.6 is 0 Å². The van der Waals surface area contributed by atoms with Crippen molar-refractivity contribution in [2.75, 3.05) is 140 Å². The number of alkyl carbamates (subject to hydrolysis) is 1. The number of primary amides is 1. The fraction of sp³-hybridized carbons (Fsp3) is 0.641. The van der Waals surface area contributed by atoms with Crippen LogP contribution in [0.15, 0.2) is 85.5 Å². The minimum absolute atomic E-state index is 0.0180. The summed E-state index contributed by atoms with van der Waals surface area (Å²) in [6.07, 6.45) is 0.344. The topological polar surface area (TPSA) is 475 Å². The van der Waals surface area contributed by atoms with Crippen molar-refractivity contribution in [2.24, 2.45) is 35.3 Å². The Balaban J connectivity index is 1.44. The van der Waals surface area contributed by atoms with Crippen LogP contribution in [0.1, 0.15) is 173 Å². The molecule has 3 aromatic rings. The van der Waals surface area contributed by atoms with E-state index in [2.05, 4.69) is 59.7 Å². The van der Waals surface area contributed by atoms with Gasteiger partial charge in [0, 0.05) is 90.7 Å². The zero-order valence-corrected chi connectivity index (χ0v) is 78.7. The lowest BCUT2D eigenvalue weighted by Gasteiger charge is -2.41. The Morgan fingerprint density at radius 1 is 0.612 bits per heavy atom. The maximum absolute atomic E-state index is 15.1. The Morgan fingerprint density at radius 3 is 1.81 bits per heavy atom. The van der Waals surface area contributed by atoms with Gasteiger partial charge < -0.3 is 117 Å². The van der Waals surface area contributed by atoms with E-state index in [1.165, 1.54) is 50.4 Å². The standard InChI is InChI=1S/C92H147N15O22/c1-19-48-128-91(120)101-71(40-41-75(109)95-45-50-126-52-54-127-53-51-125-49-44-94-74(108)33-24-28-64-34-38-68(122-16)39-35-64)86(115)102-77(58(3)4)87(116)100-70(31-25-42-97-90(93)119)85(114)99-67-37-36-66(69(55-67)84(113)96-43-27-46-104(12)13)57-129-92(121)106(15)79(60(7)8)88(117)103-78(59(5)6)89(118)105(14)80(61(9)20-2)73(123-17)56-76(110)107-47-26-32-72(107)82(124-18)62(10)83(112)98-63(11)81(111)65-29-22-21-23-30-65/h19,21-23,29-30,34-39,55,58-63,70-73,77-82,111H,1,20,24-28,31-33,40-54,56-57H2,2-18H3,(H,94,108)(H,95,109)(H,96,113)(H,98,112)(H,99,114)(H,100,116)(H,101,120)(H,102,115)(H,103,117)(H3,93,97,119)/t61-,62+,63+,70-,71-,72-,73+,77-,78-,79-,80-,81+,82+/m0/s1. The number of nitrogens with one attached hydrogen (secondary N) is 10. The molecule has 1 fully saturated rings. The van der Waals surface area contributed by atoms with E-state index in [0.29, 0.717) is 76.9 Å². The number of nitrogens with two attached hydrogens (primary N) is 1. The first kappa shape index (κ1) is 111. The number of hydrogen-bond acceptors (Lipinski definition) is 23. The monoisotopic (exact) mass is 1810 g/mol. The highest BCUT2D eigenvalue weighted by Gasteiger charge is 2.45. The number of anilines is 1. The molecule has 13 atom stereocenters. The second kappa shape index (κ2) is 59.6. The minimum atomic E-state index is -1.42. The number of nitrogens with zero attached hydrogens (tertiary/aromatic N) is 4. The second-order valence-corrected chi connectivity index (χ2v) is 33.7. The van der Waals surface area contributed by atoms with E-state index >= 15 is 4.79 Å². The largest absolute Gasteiger partial charge is 0.497 e. The number of methoxy groups -OCH3 is 3. The third kappa shape index (κ3) is 38.9. The maximum Gasteiger partial charge on any atom is 0.410 e. The number of likely N-dealkylation sites (N-methyl/N-ethyl adjacent to an activating group) is 2. The van der Waals surface area contributed by atoms with Gasteiger partial charge in [0.2, 0.25) is 53.2 Å². The first-order valence-electron chi connectivity index (χ1n) is 44.7. The predicted octanol–water partition coefficient (Wildman–Crippen LogP) is 5.65. The Bertz CT molecular complexity index is 3990. The molecule has 0 saturated carbocycles. The van der Waals surface area contributed by atoms with Gasteiger partial charge in [-0.3, -0.25) is 52.8 Å². The average Bonchev–Trinajstić information content (AvgIpc) is 1.79. The van der Waals surface area contributed by atoms with Gasteiger partial charge in [0.15, 0.2) is 0 Å². The molecule has 1 heterocycles. The smallest absolute Gasteiger partial charge is 0.410 e. The maximum atomic E-state index is 15.1. The van der Waals surface area contributed by atoms with Crippen molar-refractivity contribution in [1.29, 1.82) is 0 Å². The number of hydrogen-bond donors (Lipinski definition) is 12. The van der Waals surface area contributed by atoms with Crippen molar-refractivity contribution >= 4 is 83.0 Å². The lowest BCUT2D eigenvalue weighted by Crippen LogP contribution is -2.60. The van der Waals surface area contributed by atoms with Crippen LogP contribution in [0, 0.1) is 29.6 Å². The molecule has 1 aliphatic rings. The number of rotatable bonds is 61. The van der Waals surface area contributed by atoms with Crippen LogP contribution in [0.5, 0.6) is 5.75 Å². The van der Waals surface area contributed by atoms with Gasteiger partial charge in [-0.25, -0.2) is 14.4 Å². The molecule has 3 aromatic carbocycles. The number of carbonyl (C=O) groups excluding carboxylic acids is 13. The van der Waals surface area contributed by atoms with Crippen LogP contribution < -0.4 is 63.6 Å². The van der Waals surface area contributed by atoms with Crippen LogP contribution in [-0.4, -0.2) is 298 Å². The van der Waals surface area contributed by atoms with Crippen molar-refractivity contribution in [1.82, 2.24) is 67.5 Å². The number of carbonyl (C=O) groups is 13. The number of aliphatic hydroxyl groups excluding tert-OH is 1. The molecule has 0 radical (unpaired) electrons. The zero-order chi connectivity index (χ0) is 95.8. The number of aryl methyl sites for hydroxylation is 1. The van der Waals surface area contributed by atoms with Gasteiger partial charge >= 0.3 is 18.2 Å². The van der Waals surface area contributed by atoms with Gasteiger partial charge in [-0.2, -0.15) is 0 Å². The number of likely N-dealkylation sites (tertiary alicyclic amines) is 1. The summed E-state index contributed by atoms with van der Waals surface area (Å²) in [4.78, 5) is 187. The van der Waals surface area contributed by atoms with E-state index < -0.39 is 156 Å². The summed E-state index contributed by atoms with van der Waals surface area (Å²) in [5, 5.41) is 38.4. The van der Waals surface area contributed by atoms with Gasteiger partial charge in [-0.15, -0.1) is 0 Å². The first-order chi connectivity index (χ1) is 61.4. The SMILES string of the molecule is C=CCOC(=O)N[C@@H](CCC(=O)NCCOCCOCCOCCNC(=O)CCCc1ccc(OC)cc1)C(=O)N[C@H](C(=O)N[C@@H](CCCNC(N)=O)C(=O)Nc1ccc(COC(=O)N(C)[C@H](C(=O)N[C@H](C(=O)N(C)[C@@H]([C@@H](C)CC)[C@@H](CC(=O)N2CCC[C@H]2[C@H](OC)[C@@H](C)C(=O)N[C@H](C)[C@@H](O)c2ccccc2)OC)C(C)C)C(C)C)c(C(=O)NCCCN(C)C)c1)C(C)C. The summed E-state index contributed by atoms with van der Waals surface area (Å²) >= 11 is 0. The Labute approximate surface area is 761 Å². The lowest BCUT2D eigenvalue weighted by atomic mass is 9.89. The number of ether oxygens (including phenoxy) is 8. The zero-order valence-electron chi connectivity index (χ0n) is 78.7. The summed E-state index contributed by atoms with van der Waals surface area (Å²) in [6.45, 7) is 23.5. The average molecular weight is 1820 g/mol. The van der Waals surface area contributed by atoms with Crippen molar-refractivity contribution in [2.45, 2.75) is 220 Å². The fourth-order valence-corrected chi connectivity index (χ4v) is 15.0. The molecule has 4 rings (SSSR count). The van der Waals surface area contributed by atoms with Crippen LogP contribution in [0.4, 0.5) is 20.1 Å². The molecule has 0 spiro atoms. The fourth-order valence-electron chi connectivity index (χ4n) is 15.0. The number of aliphatic hydroxyl groups is 1. The van der Waals surface area contributed by atoms with Crippen LogP contribution in [0.25, 0.3) is 0 Å². The second-order valence-electron chi connectivity index (χ2n) is 33.7. The Hall–Kier alpha value is -10.6. The number of urea groups is 1. The van der Waals surface area contributed by atoms with Crippen molar-refractivity contribution in [3.63, 3.8) is 0 Å². The Kier molecular flexibility index (Phi) is 51.2. The molecule has 0 aliphatic carbocycles. The molecule has 722 valence electrons. The van der Waals surface area contributed by atoms with E-state index in [4.69, 9.17) is 43.6 Å². The molecule has 37 nitrogen and oxygen atoms in total. The summed E-state index contributed by atoms with van der Waals surface area (Å²) in [5.41, 5.74) is 7.35. The molecule has 14 amide bonds. The van der Waals surface area contributed by atoms with Crippen LogP contribution in [0.2, 0.25) is 0 Å². The predicted molar refractivity (Wildman–Crippen MR) is 487 cm³/mol. The minimum Gasteiger partial charge on any atom is -0.497 e. The molecule has 0 bridgehead atoms. The lowest BCUT2D eigenvalue weighted by molar-refractivity contribution is -0.148. The molecule has 13 N–H and O–H groups in total. The molecule has 0 aromatic heterocycles. The summed E-state index contributed by atoms with van der Waals surface area (Å²) < 4.78 is 45.0. The quantitative estimate of drug-likeness (QED) is 0.0240. The van der Waals surface area contributed by atoms with Gasteiger partial charge in [0.05, 0.1) is 95.5 Å². The van der Waals surface area contributed by atoms with Crippen molar-refractivity contribution in [3.8, 4) is 5.75 Å². The van der Waals surface area contributed by atoms with E-state index in [1.807, 2.05) is 63.2 Å². The van der Waals surface area contributed by atoms with Gasteiger partial charge in [-0.1, -0.05) is 130 Å². The van der Waals surface area contributed by atoms with E-state index in [9.17, 15) is 62.6 Å². The van der Waals surface area contributed by atoms with Gasteiger partial charge in [0.25, 0.3) is 5.91 Å². The Morgan fingerprint density at radius 2 is 1.22 bits per heavy atom. The molecular formula is C92H147N15O22. The van der Waals surface area contributed by atoms with E-state index in [0.717, 1.165) is 22.6 Å². The van der Waals surface area contributed by atoms with Crippen LogP contribution in [-0.2, 0) is 89.3 Å². The molecule has 1 aliphatic heterocycles. The van der Waals surface area contributed by atoms with E-state index in [1.54, 1.807) is 98.7 Å². The molecule has 1 saturated heterocycles. The van der Waals surface area contributed by atoms with Gasteiger partial charge in [-0.05, 0) is 138 Å². The van der Waals surface area contributed by atoms with Gasteiger partial charge in [0.1, 0.15) is 49.2 Å². The highest BCUT2D eigenvalue weighted by Crippen LogP contribution is 2.31. The summed E-state index contributed by atoms with van der Waals surface area (Å²) in [6, 6.07) is 11.8. The third-order valence-electron chi connectivity index (χ3n) is 22.5.